The molecule has 1 heterocycles. The lowest BCUT2D eigenvalue weighted by molar-refractivity contribution is 0.0930. The average molecular weight is 301 g/mol. The minimum Gasteiger partial charge on any atom is -0.348 e. The number of halogens is 2. The summed E-state index contributed by atoms with van der Waals surface area (Å²) < 4.78 is 13.7. The normalized spacial score (nSPS) is 20.0. The van der Waals surface area contributed by atoms with Crippen LogP contribution in [0.1, 0.15) is 23.2 Å². The van der Waals surface area contributed by atoms with E-state index in [9.17, 15) is 9.18 Å². The third-order valence-electron chi connectivity index (χ3n) is 2.76. The van der Waals surface area contributed by atoms with Crippen molar-refractivity contribution in [3.63, 3.8) is 0 Å². The summed E-state index contributed by atoms with van der Waals surface area (Å²) in [5.41, 5.74) is 0.349. The van der Waals surface area contributed by atoms with E-state index in [0.29, 0.717) is 10.0 Å². The number of hydrogen-bond acceptors (Lipinski definition) is 2. The minimum absolute atomic E-state index is 0.137. The zero-order chi connectivity index (χ0) is 12.3. The molecule has 5 heteroatoms. The van der Waals surface area contributed by atoms with Crippen molar-refractivity contribution in [2.75, 3.05) is 13.1 Å². The number of carbonyl (C=O) groups excluding carboxylic acids is 1. The van der Waals surface area contributed by atoms with Crippen molar-refractivity contribution in [3.05, 3.63) is 34.1 Å². The lowest BCUT2D eigenvalue weighted by Gasteiger charge is -2.23. The van der Waals surface area contributed by atoms with E-state index in [1.165, 1.54) is 12.1 Å². The van der Waals surface area contributed by atoms with Gasteiger partial charge in [-0.05, 0) is 37.6 Å². The lowest BCUT2D eigenvalue weighted by Crippen LogP contribution is -2.45. The summed E-state index contributed by atoms with van der Waals surface area (Å²) >= 11 is 3.17. The molecule has 0 bridgehead atoms. The van der Waals surface area contributed by atoms with Gasteiger partial charge in [-0.1, -0.05) is 15.9 Å². The molecule has 1 aromatic carbocycles. The van der Waals surface area contributed by atoms with Gasteiger partial charge in [-0.3, -0.25) is 4.79 Å². The number of piperidine rings is 1. The fourth-order valence-corrected chi connectivity index (χ4v) is 2.39. The predicted octanol–water partition coefficient (Wildman–Crippen LogP) is 2.07. The molecule has 0 saturated carbocycles. The molecule has 0 aromatic heterocycles. The van der Waals surface area contributed by atoms with Crippen LogP contribution in [0.25, 0.3) is 0 Å². The molecule has 92 valence electrons. The van der Waals surface area contributed by atoms with Gasteiger partial charge in [0.15, 0.2) is 0 Å². The van der Waals surface area contributed by atoms with Gasteiger partial charge in [-0.15, -0.1) is 0 Å². The van der Waals surface area contributed by atoms with Crippen LogP contribution in [0, 0.1) is 5.82 Å². The van der Waals surface area contributed by atoms with Gasteiger partial charge < -0.3 is 10.6 Å². The Balaban J connectivity index is 2.03. The van der Waals surface area contributed by atoms with E-state index in [1.807, 2.05) is 0 Å². The van der Waals surface area contributed by atoms with Crippen LogP contribution in [0.5, 0.6) is 0 Å². The van der Waals surface area contributed by atoms with E-state index < -0.39 is 5.82 Å². The molecule has 1 aliphatic rings. The second-order valence-corrected chi connectivity index (χ2v) is 5.09. The molecule has 1 atom stereocenters. The smallest absolute Gasteiger partial charge is 0.251 e. The average Bonchev–Trinajstić information content (AvgIpc) is 2.29. The Labute approximate surface area is 108 Å². The standard InChI is InChI=1S/C12H14BrFN2O/c13-9-4-8(5-10(14)6-9)12(17)16-11-2-1-3-15-7-11/h4-6,11,15H,1-3,7H2,(H,16,17)/t11-/m0/s1. The molecular formula is C12H14BrFN2O. The van der Waals surface area contributed by atoms with Crippen LogP contribution in [0.4, 0.5) is 4.39 Å². The quantitative estimate of drug-likeness (QED) is 0.878. The van der Waals surface area contributed by atoms with E-state index in [-0.39, 0.29) is 11.9 Å². The van der Waals surface area contributed by atoms with Gasteiger partial charge in [0.1, 0.15) is 5.82 Å². The number of hydrogen-bond donors (Lipinski definition) is 2. The van der Waals surface area contributed by atoms with Gasteiger partial charge in [0, 0.05) is 22.6 Å². The Morgan fingerprint density at radius 2 is 2.29 bits per heavy atom. The number of amides is 1. The van der Waals surface area contributed by atoms with Crippen molar-refractivity contribution in [2.24, 2.45) is 0 Å². The molecule has 1 saturated heterocycles. The van der Waals surface area contributed by atoms with Crippen molar-refractivity contribution in [3.8, 4) is 0 Å². The summed E-state index contributed by atoms with van der Waals surface area (Å²) in [6.45, 7) is 1.78. The third kappa shape index (κ3) is 3.51. The Kier molecular flexibility index (Phi) is 4.12. The Bertz CT molecular complexity index is 399. The lowest BCUT2D eigenvalue weighted by atomic mass is 10.1. The first-order chi connectivity index (χ1) is 8.15. The number of nitrogens with one attached hydrogen (secondary N) is 2. The van der Waals surface area contributed by atoms with Gasteiger partial charge in [-0.2, -0.15) is 0 Å². The number of carbonyl (C=O) groups is 1. The van der Waals surface area contributed by atoms with Gasteiger partial charge in [0.2, 0.25) is 0 Å². The van der Waals surface area contributed by atoms with Crippen molar-refractivity contribution in [2.45, 2.75) is 18.9 Å². The number of benzene rings is 1. The Morgan fingerprint density at radius 3 is 2.94 bits per heavy atom. The summed E-state index contributed by atoms with van der Waals surface area (Å²) in [5, 5.41) is 6.12. The highest BCUT2D eigenvalue weighted by atomic mass is 79.9. The number of rotatable bonds is 2. The fourth-order valence-electron chi connectivity index (χ4n) is 1.93. The second-order valence-electron chi connectivity index (χ2n) is 4.17. The van der Waals surface area contributed by atoms with E-state index in [2.05, 4.69) is 26.6 Å². The van der Waals surface area contributed by atoms with E-state index in [4.69, 9.17) is 0 Å². The molecule has 17 heavy (non-hydrogen) atoms. The highest BCUT2D eigenvalue weighted by molar-refractivity contribution is 9.10. The Morgan fingerprint density at radius 1 is 1.47 bits per heavy atom. The molecule has 1 fully saturated rings. The van der Waals surface area contributed by atoms with E-state index in [0.717, 1.165) is 25.9 Å². The summed E-state index contributed by atoms with van der Waals surface area (Å²) in [4.78, 5) is 11.9. The van der Waals surface area contributed by atoms with Crippen molar-refractivity contribution in [1.29, 1.82) is 0 Å². The molecule has 0 aliphatic carbocycles. The van der Waals surface area contributed by atoms with Gasteiger partial charge >= 0.3 is 0 Å². The van der Waals surface area contributed by atoms with Gasteiger partial charge in [-0.25, -0.2) is 4.39 Å². The molecule has 2 rings (SSSR count). The van der Waals surface area contributed by atoms with Crippen molar-refractivity contribution in [1.82, 2.24) is 10.6 Å². The SMILES string of the molecule is O=C(N[C@H]1CCCNC1)c1cc(F)cc(Br)c1. The first-order valence-electron chi connectivity index (χ1n) is 5.63. The highest BCUT2D eigenvalue weighted by Crippen LogP contribution is 2.15. The molecule has 2 N–H and O–H groups in total. The van der Waals surface area contributed by atoms with Gasteiger partial charge in [0.05, 0.1) is 0 Å². The topological polar surface area (TPSA) is 41.1 Å². The Hall–Kier alpha value is -0.940. The maximum Gasteiger partial charge on any atom is 0.251 e. The van der Waals surface area contributed by atoms with Crippen LogP contribution in [0.15, 0.2) is 22.7 Å². The second kappa shape index (κ2) is 5.60. The molecule has 0 radical (unpaired) electrons. The maximum absolute atomic E-state index is 13.1. The monoisotopic (exact) mass is 300 g/mol. The minimum atomic E-state index is -0.411. The van der Waals surface area contributed by atoms with Crippen LogP contribution in [-0.4, -0.2) is 25.0 Å². The highest BCUT2D eigenvalue weighted by Gasteiger charge is 2.16. The van der Waals surface area contributed by atoms with E-state index in [1.54, 1.807) is 6.07 Å². The first-order valence-corrected chi connectivity index (χ1v) is 6.42. The van der Waals surface area contributed by atoms with Gasteiger partial charge in [0.25, 0.3) is 5.91 Å². The molecular weight excluding hydrogens is 287 g/mol. The zero-order valence-electron chi connectivity index (χ0n) is 9.30. The van der Waals surface area contributed by atoms with E-state index >= 15 is 0 Å². The molecule has 0 spiro atoms. The van der Waals surface area contributed by atoms with Crippen LogP contribution in [-0.2, 0) is 0 Å². The molecule has 1 aromatic rings. The van der Waals surface area contributed by atoms with Crippen LogP contribution in [0.2, 0.25) is 0 Å². The van der Waals surface area contributed by atoms with Crippen molar-refractivity contribution >= 4 is 21.8 Å². The predicted molar refractivity (Wildman–Crippen MR) is 67.5 cm³/mol. The summed E-state index contributed by atoms with van der Waals surface area (Å²) in [7, 11) is 0. The summed E-state index contributed by atoms with van der Waals surface area (Å²) in [5.74, 6) is -0.634. The third-order valence-corrected chi connectivity index (χ3v) is 3.21. The molecule has 1 aliphatic heterocycles. The fraction of sp³-hybridized carbons (Fsp3) is 0.417. The molecule has 0 unspecified atom stereocenters. The van der Waals surface area contributed by atoms with Crippen LogP contribution >= 0.6 is 15.9 Å². The molecule has 1 amide bonds. The van der Waals surface area contributed by atoms with Crippen molar-refractivity contribution < 1.29 is 9.18 Å². The first kappa shape index (κ1) is 12.5. The van der Waals surface area contributed by atoms with Crippen LogP contribution < -0.4 is 10.6 Å². The van der Waals surface area contributed by atoms with Crippen LogP contribution in [0.3, 0.4) is 0 Å². The molecule has 3 nitrogen and oxygen atoms in total. The zero-order valence-corrected chi connectivity index (χ0v) is 10.9. The summed E-state index contributed by atoms with van der Waals surface area (Å²) in [6.07, 6.45) is 2.02. The summed E-state index contributed by atoms with van der Waals surface area (Å²) in [6, 6.07) is 4.34. The largest absolute Gasteiger partial charge is 0.348 e. The maximum atomic E-state index is 13.1.